The minimum Gasteiger partial charge on any atom is -0.507 e. The third-order valence-electron chi connectivity index (χ3n) is 3.69. The number of carbonyl (C=O) groups is 2. The largest absolute Gasteiger partial charge is 0.507 e. The van der Waals surface area contributed by atoms with Gasteiger partial charge in [0.05, 0.1) is 0 Å². The Balaban J connectivity index is 0.000000300. The van der Waals surface area contributed by atoms with Gasteiger partial charge in [-0.05, 0) is 53.2 Å². The molecule has 0 atom stereocenters. The Labute approximate surface area is 145 Å². The van der Waals surface area contributed by atoms with E-state index in [4.69, 9.17) is 0 Å². The molecule has 1 aromatic carbocycles. The lowest BCUT2D eigenvalue weighted by atomic mass is 9.78. The van der Waals surface area contributed by atoms with Gasteiger partial charge in [-0.25, -0.2) is 0 Å². The fourth-order valence-corrected chi connectivity index (χ4v) is 2.36. The van der Waals surface area contributed by atoms with Gasteiger partial charge in [-0.3, -0.25) is 9.59 Å². The number of carbonyl (C=O) groups excluding carboxylic acids is 2. The van der Waals surface area contributed by atoms with Crippen LogP contribution in [0.1, 0.15) is 58.2 Å². The molecule has 0 unspecified atom stereocenters. The third kappa shape index (κ3) is 5.48. The van der Waals surface area contributed by atoms with Crippen molar-refractivity contribution in [1.29, 1.82) is 0 Å². The van der Waals surface area contributed by atoms with Crippen LogP contribution in [0.25, 0.3) is 0 Å². The maximum Gasteiger partial charge on any atom is 0.178 e. The van der Waals surface area contributed by atoms with Crippen molar-refractivity contribution >= 4 is 11.6 Å². The number of hydrogen-bond donors (Lipinski definition) is 1. The molecular formula is C21H28O3. The predicted molar refractivity (Wildman–Crippen MR) is 98.5 cm³/mol. The summed E-state index contributed by atoms with van der Waals surface area (Å²) in [5.41, 5.74) is 3.26. The molecule has 0 radical (unpaired) electrons. The fraction of sp³-hybridized carbons (Fsp3) is 0.429. The summed E-state index contributed by atoms with van der Waals surface area (Å²) in [6, 6.07) is 4.18. The predicted octanol–water partition coefficient (Wildman–Crippen LogP) is 4.55. The van der Waals surface area contributed by atoms with E-state index < -0.39 is 0 Å². The normalized spacial score (nSPS) is 14.5. The van der Waals surface area contributed by atoms with E-state index in [0.29, 0.717) is 5.75 Å². The number of aromatic hydroxyl groups is 1. The summed E-state index contributed by atoms with van der Waals surface area (Å²) in [4.78, 5) is 20.6. The summed E-state index contributed by atoms with van der Waals surface area (Å²) in [6.07, 6.45) is 5.01. The second kappa shape index (κ2) is 7.16. The summed E-state index contributed by atoms with van der Waals surface area (Å²) in [5, 5.41) is 10.4. The van der Waals surface area contributed by atoms with Gasteiger partial charge in [0.1, 0.15) is 5.75 Å². The molecule has 0 saturated heterocycles. The van der Waals surface area contributed by atoms with Gasteiger partial charge in [0.15, 0.2) is 11.6 Å². The van der Waals surface area contributed by atoms with E-state index in [1.54, 1.807) is 0 Å². The van der Waals surface area contributed by atoms with Gasteiger partial charge in [0, 0.05) is 0 Å². The Morgan fingerprint density at radius 3 is 1.25 bits per heavy atom. The molecule has 0 bridgehead atoms. The van der Waals surface area contributed by atoms with E-state index in [2.05, 4.69) is 60.6 Å². The van der Waals surface area contributed by atoms with Crippen LogP contribution in [-0.2, 0) is 20.4 Å². The van der Waals surface area contributed by atoms with Crippen LogP contribution in [0.5, 0.6) is 5.75 Å². The second-order valence-corrected chi connectivity index (χ2v) is 8.18. The van der Waals surface area contributed by atoms with Crippen molar-refractivity contribution in [3.8, 4) is 5.75 Å². The van der Waals surface area contributed by atoms with Gasteiger partial charge in [-0.1, -0.05) is 59.2 Å². The van der Waals surface area contributed by atoms with Crippen LogP contribution in [0.3, 0.4) is 0 Å². The van der Waals surface area contributed by atoms with Crippen molar-refractivity contribution in [2.24, 2.45) is 0 Å². The van der Waals surface area contributed by atoms with E-state index in [1.165, 1.54) is 29.9 Å². The average molecular weight is 328 g/mol. The zero-order chi connectivity index (χ0) is 18.7. The second-order valence-electron chi connectivity index (χ2n) is 8.18. The first-order valence-electron chi connectivity index (χ1n) is 8.11. The SMILES string of the molecule is Cc1cc(C(C)(C)C)c(O)c(C(C)(C)C)c1.O=C1C=CC(=O)C=C1. The molecular weight excluding hydrogens is 300 g/mol. The minimum absolute atomic E-state index is 0.0178. The molecule has 1 N–H and O–H groups in total. The quantitative estimate of drug-likeness (QED) is 0.711. The molecule has 130 valence electrons. The topological polar surface area (TPSA) is 54.4 Å². The van der Waals surface area contributed by atoms with Crippen LogP contribution in [0.15, 0.2) is 36.4 Å². The Bertz CT molecular complexity index is 620. The first-order valence-corrected chi connectivity index (χ1v) is 8.11. The van der Waals surface area contributed by atoms with Crippen LogP contribution < -0.4 is 0 Å². The molecule has 0 amide bonds. The van der Waals surface area contributed by atoms with Crippen LogP contribution in [0.4, 0.5) is 0 Å². The van der Waals surface area contributed by atoms with Crippen LogP contribution in [0, 0.1) is 6.92 Å². The number of hydrogen-bond acceptors (Lipinski definition) is 3. The molecule has 1 aromatic rings. The van der Waals surface area contributed by atoms with Crippen molar-refractivity contribution in [1.82, 2.24) is 0 Å². The molecule has 3 heteroatoms. The highest BCUT2D eigenvalue weighted by molar-refractivity contribution is 6.14. The minimum atomic E-state index is -0.121. The third-order valence-corrected chi connectivity index (χ3v) is 3.69. The number of ketones is 2. The van der Waals surface area contributed by atoms with Crippen molar-refractivity contribution in [2.45, 2.75) is 59.3 Å². The van der Waals surface area contributed by atoms with Gasteiger partial charge in [0.25, 0.3) is 0 Å². The lowest BCUT2D eigenvalue weighted by molar-refractivity contribution is -0.113. The molecule has 0 aromatic heterocycles. The number of benzene rings is 1. The van der Waals surface area contributed by atoms with Gasteiger partial charge in [-0.15, -0.1) is 0 Å². The van der Waals surface area contributed by atoms with Crippen molar-refractivity contribution in [3.63, 3.8) is 0 Å². The number of aryl methyl sites for hydroxylation is 1. The highest BCUT2D eigenvalue weighted by Gasteiger charge is 2.25. The summed E-state index contributed by atoms with van der Waals surface area (Å²) >= 11 is 0. The lowest BCUT2D eigenvalue weighted by Gasteiger charge is -2.27. The highest BCUT2D eigenvalue weighted by Crippen LogP contribution is 2.39. The van der Waals surface area contributed by atoms with Crippen LogP contribution >= 0.6 is 0 Å². The van der Waals surface area contributed by atoms with Crippen molar-refractivity contribution in [3.05, 3.63) is 53.1 Å². The molecule has 0 fully saturated rings. The summed E-state index contributed by atoms with van der Waals surface area (Å²) < 4.78 is 0. The van der Waals surface area contributed by atoms with E-state index in [0.717, 1.165) is 11.1 Å². The molecule has 0 saturated carbocycles. The maximum atomic E-state index is 10.4. The molecule has 0 spiro atoms. The number of phenolic OH excluding ortho intramolecular Hbond substituents is 1. The first kappa shape index (κ1) is 19.9. The molecule has 0 heterocycles. The Morgan fingerprint density at radius 1 is 0.708 bits per heavy atom. The molecule has 1 aliphatic rings. The molecule has 1 aliphatic carbocycles. The molecule has 2 rings (SSSR count). The van der Waals surface area contributed by atoms with Gasteiger partial charge in [-0.2, -0.15) is 0 Å². The van der Waals surface area contributed by atoms with E-state index in [-0.39, 0.29) is 22.4 Å². The van der Waals surface area contributed by atoms with Gasteiger partial charge in [0.2, 0.25) is 0 Å². The van der Waals surface area contributed by atoms with Crippen molar-refractivity contribution < 1.29 is 14.7 Å². The Morgan fingerprint density at radius 2 is 1.00 bits per heavy atom. The number of phenols is 1. The van der Waals surface area contributed by atoms with Crippen LogP contribution in [-0.4, -0.2) is 16.7 Å². The van der Waals surface area contributed by atoms with Crippen LogP contribution in [0.2, 0.25) is 0 Å². The fourth-order valence-electron chi connectivity index (χ4n) is 2.36. The number of allylic oxidation sites excluding steroid dienone is 4. The van der Waals surface area contributed by atoms with E-state index in [9.17, 15) is 14.7 Å². The molecule has 0 aliphatic heterocycles. The van der Waals surface area contributed by atoms with Gasteiger partial charge >= 0.3 is 0 Å². The van der Waals surface area contributed by atoms with E-state index in [1.807, 2.05) is 0 Å². The smallest absolute Gasteiger partial charge is 0.178 e. The molecule has 3 nitrogen and oxygen atoms in total. The highest BCUT2D eigenvalue weighted by atomic mass is 16.3. The average Bonchev–Trinajstić information content (AvgIpc) is 2.42. The zero-order valence-electron chi connectivity index (χ0n) is 15.7. The molecule has 24 heavy (non-hydrogen) atoms. The Kier molecular flexibility index (Phi) is 5.94. The summed E-state index contributed by atoms with van der Waals surface area (Å²) in [5.74, 6) is 0.222. The lowest BCUT2D eigenvalue weighted by Crippen LogP contribution is -2.17. The maximum absolute atomic E-state index is 10.4. The monoisotopic (exact) mass is 328 g/mol. The standard InChI is InChI=1S/C15H24O.C6H4O2/c1-10-8-11(14(2,3)4)13(16)12(9-10)15(5,6)7;7-5-1-2-6(8)4-3-5/h8-9,16H,1-7H3;1-4H. The van der Waals surface area contributed by atoms with E-state index >= 15 is 0 Å². The Hall–Kier alpha value is -2.16. The summed E-state index contributed by atoms with van der Waals surface area (Å²) in [6.45, 7) is 14.9. The summed E-state index contributed by atoms with van der Waals surface area (Å²) in [7, 11) is 0. The van der Waals surface area contributed by atoms with Gasteiger partial charge < -0.3 is 5.11 Å². The first-order chi connectivity index (χ1) is 10.8. The van der Waals surface area contributed by atoms with Crippen molar-refractivity contribution in [2.75, 3.05) is 0 Å². The number of rotatable bonds is 0. The zero-order valence-corrected chi connectivity index (χ0v) is 15.7.